The van der Waals surface area contributed by atoms with Crippen LogP contribution in [0, 0.1) is 0 Å². The maximum Gasteiger partial charge on any atom is 0.0635 e. The van der Waals surface area contributed by atoms with Crippen molar-refractivity contribution >= 4 is 31.9 Å². The van der Waals surface area contributed by atoms with Crippen molar-refractivity contribution in [3.05, 3.63) is 16.4 Å². The molecule has 5 heteroatoms. The van der Waals surface area contributed by atoms with Crippen molar-refractivity contribution in [1.82, 2.24) is 14.7 Å². The van der Waals surface area contributed by atoms with Gasteiger partial charge >= 0.3 is 0 Å². The van der Waals surface area contributed by atoms with Crippen molar-refractivity contribution in [2.45, 2.75) is 44.0 Å². The normalized spacial score (nSPS) is 13.2. The minimum absolute atomic E-state index is 0.617. The largest absolute Gasteiger partial charge is 0.308 e. The molecule has 0 amide bonds. The summed E-state index contributed by atoms with van der Waals surface area (Å²) < 4.78 is 3.26. The summed E-state index contributed by atoms with van der Waals surface area (Å²) in [7, 11) is 4.18. The molecule has 1 rings (SSSR count). The summed E-state index contributed by atoms with van der Waals surface area (Å²) in [5, 5.41) is 4.44. The first-order valence-corrected chi connectivity index (χ1v) is 8.24. The first-order valence-electron chi connectivity index (χ1n) is 6.53. The Kier molecular flexibility index (Phi) is 7.49. The number of rotatable bonds is 8. The highest BCUT2D eigenvalue weighted by molar-refractivity contribution is 9.10. The van der Waals surface area contributed by atoms with Crippen molar-refractivity contribution in [2.75, 3.05) is 20.6 Å². The van der Waals surface area contributed by atoms with E-state index in [9.17, 15) is 0 Å². The first kappa shape index (κ1) is 16.2. The molecule has 104 valence electrons. The molecule has 0 aliphatic heterocycles. The quantitative estimate of drug-likeness (QED) is 0.641. The summed E-state index contributed by atoms with van der Waals surface area (Å²) in [6.07, 6.45) is 6.62. The molecule has 0 radical (unpaired) electrons. The first-order chi connectivity index (χ1) is 8.54. The summed E-state index contributed by atoms with van der Waals surface area (Å²) in [6, 6.07) is 0. The van der Waals surface area contributed by atoms with Gasteiger partial charge in [-0.3, -0.25) is 4.68 Å². The highest BCUT2D eigenvalue weighted by atomic mass is 79.9. The Balaban J connectivity index is 2.55. The van der Waals surface area contributed by atoms with Gasteiger partial charge in [-0.15, -0.1) is 0 Å². The monoisotopic (exact) mass is 379 g/mol. The molecule has 0 bridgehead atoms. The second kappa shape index (κ2) is 8.33. The molecule has 1 aromatic rings. The fourth-order valence-electron chi connectivity index (χ4n) is 1.87. The average Bonchev–Trinajstić information content (AvgIpc) is 2.65. The van der Waals surface area contributed by atoms with E-state index < -0.39 is 0 Å². The van der Waals surface area contributed by atoms with E-state index in [0.717, 1.165) is 24.0 Å². The van der Waals surface area contributed by atoms with Gasteiger partial charge in [-0.2, -0.15) is 5.10 Å². The molecule has 0 saturated heterocycles. The number of hydrogen-bond donors (Lipinski definition) is 0. The van der Waals surface area contributed by atoms with E-state index in [1.165, 1.54) is 25.0 Å². The van der Waals surface area contributed by atoms with E-state index in [-0.39, 0.29) is 0 Å². The van der Waals surface area contributed by atoms with E-state index >= 15 is 0 Å². The number of likely N-dealkylation sites (N-methyl/N-ethyl adjacent to an activating group) is 1. The second-order valence-corrected chi connectivity index (χ2v) is 7.04. The molecule has 0 spiro atoms. The van der Waals surface area contributed by atoms with Gasteiger partial charge in [0.1, 0.15) is 0 Å². The van der Waals surface area contributed by atoms with Crippen LogP contribution in [0.5, 0.6) is 0 Å². The molecule has 0 N–H and O–H groups in total. The summed E-state index contributed by atoms with van der Waals surface area (Å²) >= 11 is 7.34. The summed E-state index contributed by atoms with van der Waals surface area (Å²) in [4.78, 5) is 2.80. The number of aromatic nitrogens is 2. The summed E-state index contributed by atoms with van der Waals surface area (Å²) in [5.74, 6) is 0. The third-order valence-electron chi connectivity index (χ3n) is 2.95. The standard InChI is InChI=1S/C13H23Br2N3/c1-4-5-11(14)6-7-13-12(15)10-16-18(13)9-8-17(2)3/h10-11H,4-9H2,1-3H3. The molecule has 1 aromatic heterocycles. The van der Waals surface area contributed by atoms with Gasteiger partial charge in [0.05, 0.1) is 22.9 Å². The number of halogens is 2. The molecule has 3 nitrogen and oxygen atoms in total. The van der Waals surface area contributed by atoms with E-state index in [1.807, 2.05) is 6.20 Å². The van der Waals surface area contributed by atoms with Crippen LogP contribution in [0.25, 0.3) is 0 Å². The topological polar surface area (TPSA) is 21.1 Å². The lowest BCUT2D eigenvalue weighted by Gasteiger charge is -2.13. The van der Waals surface area contributed by atoms with Crippen LogP contribution in [0.3, 0.4) is 0 Å². The number of alkyl halides is 1. The third-order valence-corrected chi connectivity index (χ3v) is 4.53. The lowest BCUT2D eigenvalue weighted by atomic mass is 10.1. The smallest absolute Gasteiger partial charge is 0.0635 e. The SMILES string of the molecule is CCCC(Br)CCc1c(Br)cnn1CCN(C)C. The minimum atomic E-state index is 0.617. The van der Waals surface area contributed by atoms with Crippen LogP contribution in [0.15, 0.2) is 10.7 Å². The minimum Gasteiger partial charge on any atom is -0.308 e. The van der Waals surface area contributed by atoms with E-state index in [4.69, 9.17) is 0 Å². The van der Waals surface area contributed by atoms with Crippen LogP contribution in [-0.4, -0.2) is 40.1 Å². The van der Waals surface area contributed by atoms with E-state index in [0.29, 0.717) is 4.83 Å². The second-order valence-electron chi connectivity index (χ2n) is 4.89. The molecule has 0 aliphatic carbocycles. The zero-order valence-corrected chi connectivity index (χ0v) is 14.7. The van der Waals surface area contributed by atoms with Crippen molar-refractivity contribution < 1.29 is 0 Å². The van der Waals surface area contributed by atoms with Gasteiger partial charge in [0.15, 0.2) is 0 Å². The van der Waals surface area contributed by atoms with Gasteiger partial charge in [0.2, 0.25) is 0 Å². The summed E-state index contributed by atoms with van der Waals surface area (Å²) in [6.45, 7) is 4.20. The van der Waals surface area contributed by atoms with Gasteiger partial charge in [0.25, 0.3) is 0 Å². The van der Waals surface area contributed by atoms with E-state index in [2.05, 4.69) is 67.6 Å². The molecule has 0 aromatic carbocycles. The Bertz CT molecular complexity index is 350. The average molecular weight is 381 g/mol. The van der Waals surface area contributed by atoms with Gasteiger partial charge in [-0.25, -0.2) is 0 Å². The van der Waals surface area contributed by atoms with Crippen LogP contribution in [0.2, 0.25) is 0 Å². The van der Waals surface area contributed by atoms with E-state index in [1.54, 1.807) is 0 Å². The third kappa shape index (κ3) is 5.41. The van der Waals surface area contributed by atoms with Crippen LogP contribution in [-0.2, 0) is 13.0 Å². The highest BCUT2D eigenvalue weighted by Crippen LogP contribution is 2.21. The maximum absolute atomic E-state index is 4.44. The van der Waals surface area contributed by atoms with Gasteiger partial charge in [0, 0.05) is 11.4 Å². The lowest BCUT2D eigenvalue weighted by molar-refractivity contribution is 0.369. The zero-order valence-electron chi connectivity index (χ0n) is 11.5. The van der Waals surface area contributed by atoms with Crippen LogP contribution >= 0.6 is 31.9 Å². The predicted molar refractivity (Wildman–Crippen MR) is 84.4 cm³/mol. The number of nitrogens with zero attached hydrogens (tertiary/aromatic N) is 3. The van der Waals surface area contributed by atoms with Gasteiger partial charge in [-0.05, 0) is 49.3 Å². The van der Waals surface area contributed by atoms with Crippen LogP contribution in [0.1, 0.15) is 31.9 Å². The predicted octanol–water partition coefficient (Wildman–Crippen LogP) is 3.70. The summed E-state index contributed by atoms with van der Waals surface area (Å²) in [5.41, 5.74) is 1.32. The molecule has 1 unspecified atom stereocenters. The molecule has 0 fully saturated rings. The van der Waals surface area contributed by atoms with Crippen molar-refractivity contribution in [2.24, 2.45) is 0 Å². The zero-order chi connectivity index (χ0) is 13.5. The fraction of sp³-hybridized carbons (Fsp3) is 0.769. The fourth-order valence-corrected chi connectivity index (χ4v) is 3.06. The molecule has 1 heterocycles. The van der Waals surface area contributed by atoms with Gasteiger partial charge < -0.3 is 4.90 Å². The Hall–Kier alpha value is 0.130. The maximum atomic E-state index is 4.44. The molecular weight excluding hydrogens is 358 g/mol. The van der Waals surface area contributed by atoms with Gasteiger partial charge in [-0.1, -0.05) is 29.3 Å². The van der Waals surface area contributed by atoms with Crippen molar-refractivity contribution in [3.63, 3.8) is 0 Å². The molecule has 1 atom stereocenters. The molecular formula is C13H23Br2N3. The van der Waals surface area contributed by atoms with Crippen molar-refractivity contribution in [1.29, 1.82) is 0 Å². The van der Waals surface area contributed by atoms with Crippen LogP contribution < -0.4 is 0 Å². The highest BCUT2D eigenvalue weighted by Gasteiger charge is 2.11. The lowest BCUT2D eigenvalue weighted by Crippen LogP contribution is -2.20. The Morgan fingerprint density at radius 2 is 2.11 bits per heavy atom. The molecule has 0 aliphatic rings. The molecule has 0 saturated carbocycles. The molecule has 18 heavy (non-hydrogen) atoms. The van der Waals surface area contributed by atoms with Crippen molar-refractivity contribution in [3.8, 4) is 0 Å². The Morgan fingerprint density at radius 1 is 1.39 bits per heavy atom. The van der Waals surface area contributed by atoms with Crippen LogP contribution in [0.4, 0.5) is 0 Å². The Morgan fingerprint density at radius 3 is 2.72 bits per heavy atom. The number of hydrogen-bond acceptors (Lipinski definition) is 2. The Labute approximate surface area is 127 Å².